The Hall–Kier alpha value is -3.05. The van der Waals surface area contributed by atoms with E-state index in [1.165, 1.54) is 0 Å². The van der Waals surface area contributed by atoms with E-state index in [0.717, 1.165) is 10.9 Å². The lowest BCUT2D eigenvalue weighted by Crippen LogP contribution is -2.32. The molecule has 142 valence electrons. The van der Waals surface area contributed by atoms with E-state index in [4.69, 9.17) is 16.3 Å². The van der Waals surface area contributed by atoms with E-state index in [-0.39, 0.29) is 17.6 Å². The number of amides is 1. The molecular weight excluding hydrogens is 376 g/mol. The Morgan fingerprint density at radius 1 is 1.14 bits per heavy atom. The van der Waals surface area contributed by atoms with E-state index in [2.05, 4.69) is 10.3 Å². The molecule has 28 heavy (non-hydrogen) atoms. The molecule has 0 unspecified atom stereocenters. The first-order valence-electron chi connectivity index (χ1n) is 8.96. The standard InChI is InChI=1S/C22H19ClN2O3/c1-12-7-9-14(10-8-12)24-21(27)19-13(2)28-22(25-19)17-11-18(23)15-5-3-4-6-16(15)20(17)26/h3-11,13,19,26H,1-2H3,(H,24,27)/t13-,19-/m0/s1. The maximum atomic E-state index is 12.7. The van der Waals surface area contributed by atoms with Gasteiger partial charge in [0.2, 0.25) is 5.90 Å². The fourth-order valence-electron chi connectivity index (χ4n) is 3.24. The number of aromatic hydroxyl groups is 1. The van der Waals surface area contributed by atoms with Crippen LogP contribution in [0.4, 0.5) is 5.69 Å². The van der Waals surface area contributed by atoms with E-state index in [1.807, 2.05) is 49.4 Å². The van der Waals surface area contributed by atoms with Crippen LogP contribution in [-0.4, -0.2) is 29.1 Å². The van der Waals surface area contributed by atoms with Gasteiger partial charge in [-0.2, -0.15) is 0 Å². The molecule has 0 saturated heterocycles. The third kappa shape index (κ3) is 3.29. The number of phenols is 1. The molecular formula is C22H19ClN2O3. The minimum Gasteiger partial charge on any atom is -0.506 e. The average molecular weight is 395 g/mol. The summed E-state index contributed by atoms with van der Waals surface area (Å²) in [5.41, 5.74) is 2.18. The summed E-state index contributed by atoms with van der Waals surface area (Å²) in [4.78, 5) is 17.1. The Bertz CT molecular complexity index is 1090. The Morgan fingerprint density at radius 2 is 1.82 bits per heavy atom. The first-order chi connectivity index (χ1) is 13.4. The smallest absolute Gasteiger partial charge is 0.253 e. The highest BCUT2D eigenvalue weighted by atomic mass is 35.5. The van der Waals surface area contributed by atoms with Gasteiger partial charge in [0.25, 0.3) is 5.91 Å². The fraction of sp³-hybridized carbons (Fsp3) is 0.182. The minimum atomic E-state index is -0.721. The van der Waals surface area contributed by atoms with Gasteiger partial charge >= 0.3 is 0 Å². The van der Waals surface area contributed by atoms with E-state index in [0.29, 0.717) is 21.7 Å². The zero-order chi connectivity index (χ0) is 19.8. The van der Waals surface area contributed by atoms with Gasteiger partial charge < -0.3 is 15.2 Å². The maximum Gasteiger partial charge on any atom is 0.253 e. The Labute approximate surface area is 167 Å². The van der Waals surface area contributed by atoms with E-state index < -0.39 is 12.1 Å². The molecule has 0 aromatic heterocycles. The number of nitrogens with zero attached hydrogens (tertiary/aromatic N) is 1. The number of aliphatic imine (C=N–C) groups is 1. The first-order valence-corrected chi connectivity index (χ1v) is 9.34. The second kappa shape index (κ2) is 7.17. The molecule has 2 atom stereocenters. The molecule has 0 bridgehead atoms. The van der Waals surface area contributed by atoms with Gasteiger partial charge in [-0.25, -0.2) is 4.99 Å². The molecule has 2 N–H and O–H groups in total. The molecule has 0 aliphatic carbocycles. The number of carbonyl (C=O) groups is 1. The van der Waals surface area contributed by atoms with Crippen LogP contribution in [0.1, 0.15) is 18.1 Å². The summed E-state index contributed by atoms with van der Waals surface area (Å²) in [6, 6.07) is 15.7. The topological polar surface area (TPSA) is 70.9 Å². The molecule has 1 aliphatic heterocycles. The second-order valence-corrected chi connectivity index (χ2v) is 7.26. The molecule has 5 nitrogen and oxygen atoms in total. The third-order valence-electron chi connectivity index (χ3n) is 4.78. The number of phenolic OH excluding ortho intramolecular Hbond substituents is 1. The number of anilines is 1. The number of carbonyl (C=O) groups excluding carboxylic acids is 1. The lowest BCUT2D eigenvalue weighted by molar-refractivity contribution is -0.118. The molecule has 0 spiro atoms. The number of fused-ring (bicyclic) bond motifs is 1. The number of hydrogen-bond donors (Lipinski definition) is 2. The normalized spacial score (nSPS) is 18.6. The van der Waals surface area contributed by atoms with Gasteiger partial charge in [-0.1, -0.05) is 53.6 Å². The molecule has 4 rings (SSSR count). The van der Waals surface area contributed by atoms with Crippen molar-refractivity contribution in [3.05, 3.63) is 70.7 Å². The molecule has 3 aromatic carbocycles. The van der Waals surface area contributed by atoms with Crippen molar-refractivity contribution in [2.75, 3.05) is 5.32 Å². The summed E-state index contributed by atoms with van der Waals surface area (Å²) in [6.45, 7) is 3.76. The number of nitrogens with one attached hydrogen (secondary N) is 1. The number of hydrogen-bond acceptors (Lipinski definition) is 4. The molecule has 0 saturated carbocycles. The highest BCUT2D eigenvalue weighted by Crippen LogP contribution is 2.36. The molecule has 0 radical (unpaired) electrons. The summed E-state index contributed by atoms with van der Waals surface area (Å²) in [6.07, 6.45) is -0.468. The lowest BCUT2D eigenvalue weighted by atomic mass is 10.1. The van der Waals surface area contributed by atoms with Crippen molar-refractivity contribution < 1.29 is 14.6 Å². The van der Waals surface area contributed by atoms with E-state index in [9.17, 15) is 9.90 Å². The summed E-state index contributed by atoms with van der Waals surface area (Å²) in [5.74, 6) is -0.0232. The number of rotatable bonds is 3. The van der Waals surface area contributed by atoms with Gasteiger partial charge in [0.05, 0.1) is 5.56 Å². The number of benzene rings is 3. The second-order valence-electron chi connectivity index (χ2n) is 6.86. The molecule has 3 aromatic rings. The van der Waals surface area contributed by atoms with Crippen molar-refractivity contribution in [2.45, 2.75) is 26.0 Å². The SMILES string of the molecule is Cc1ccc(NC(=O)[C@H]2N=C(c3cc(Cl)c4ccccc4c3O)O[C@H]2C)cc1. The largest absolute Gasteiger partial charge is 0.506 e. The quantitative estimate of drug-likeness (QED) is 0.677. The van der Waals surface area contributed by atoms with Crippen LogP contribution in [0.5, 0.6) is 5.75 Å². The molecule has 1 aliphatic rings. The first kappa shape index (κ1) is 18.3. The van der Waals surface area contributed by atoms with Crippen LogP contribution in [0.3, 0.4) is 0 Å². The zero-order valence-electron chi connectivity index (χ0n) is 15.4. The third-order valence-corrected chi connectivity index (χ3v) is 5.10. The minimum absolute atomic E-state index is 0.0329. The van der Waals surface area contributed by atoms with Crippen molar-refractivity contribution >= 4 is 39.9 Å². The average Bonchev–Trinajstić information content (AvgIpc) is 3.08. The van der Waals surface area contributed by atoms with Crippen LogP contribution in [0, 0.1) is 6.92 Å². The Kier molecular flexibility index (Phi) is 4.69. The molecule has 1 amide bonds. The Morgan fingerprint density at radius 3 is 2.54 bits per heavy atom. The van der Waals surface area contributed by atoms with E-state index in [1.54, 1.807) is 19.1 Å². The highest BCUT2D eigenvalue weighted by molar-refractivity contribution is 6.36. The van der Waals surface area contributed by atoms with Crippen molar-refractivity contribution in [1.82, 2.24) is 0 Å². The monoisotopic (exact) mass is 394 g/mol. The predicted octanol–water partition coefficient (Wildman–Crippen LogP) is 4.68. The number of ether oxygens (including phenoxy) is 1. The van der Waals surface area contributed by atoms with Crippen molar-refractivity contribution in [3.8, 4) is 5.75 Å². The Balaban J connectivity index is 1.65. The van der Waals surface area contributed by atoms with Crippen LogP contribution in [0.15, 0.2) is 59.6 Å². The number of halogens is 1. The summed E-state index contributed by atoms with van der Waals surface area (Å²) in [7, 11) is 0. The van der Waals surface area contributed by atoms with Gasteiger partial charge in [-0.05, 0) is 32.0 Å². The van der Waals surface area contributed by atoms with Crippen molar-refractivity contribution in [3.63, 3.8) is 0 Å². The fourth-order valence-corrected chi connectivity index (χ4v) is 3.51. The summed E-state index contributed by atoms with van der Waals surface area (Å²) in [5, 5.41) is 15.4. The predicted molar refractivity (Wildman–Crippen MR) is 111 cm³/mol. The number of aryl methyl sites for hydroxylation is 1. The summed E-state index contributed by atoms with van der Waals surface area (Å²) >= 11 is 6.37. The van der Waals surface area contributed by atoms with Crippen molar-refractivity contribution in [1.29, 1.82) is 0 Å². The van der Waals surface area contributed by atoms with Crippen LogP contribution >= 0.6 is 11.6 Å². The van der Waals surface area contributed by atoms with Crippen LogP contribution in [0.2, 0.25) is 5.02 Å². The van der Waals surface area contributed by atoms with Gasteiger partial charge in [0, 0.05) is 21.5 Å². The molecule has 6 heteroatoms. The maximum absolute atomic E-state index is 12.7. The molecule has 0 fully saturated rings. The van der Waals surface area contributed by atoms with Crippen LogP contribution in [-0.2, 0) is 9.53 Å². The zero-order valence-corrected chi connectivity index (χ0v) is 16.2. The van der Waals surface area contributed by atoms with Crippen LogP contribution in [0.25, 0.3) is 10.8 Å². The molecule has 1 heterocycles. The van der Waals surface area contributed by atoms with Crippen LogP contribution < -0.4 is 5.32 Å². The van der Waals surface area contributed by atoms with Gasteiger partial charge in [0.15, 0.2) is 6.04 Å². The lowest BCUT2D eigenvalue weighted by Gasteiger charge is -2.13. The van der Waals surface area contributed by atoms with E-state index >= 15 is 0 Å². The van der Waals surface area contributed by atoms with Gasteiger partial charge in [0.1, 0.15) is 11.9 Å². The summed E-state index contributed by atoms with van der Waals surface area (Å²) < 4.78 is 5.79. The highest BCUT2D eigenvalue weighted by Gasteiger charge is 2.35. The van der Waals surface area contributed by atoms with Gasteiger partial charge in [-0.3, -0.25) is 4.79 Å². The van der Waals surface area contributed by atoms with Gasteiger partial charge in [-0.15, -0.1) is 0 Å². The van der Waals surface area contributed by atoms with Crippen molar-refractivity contribution in [2.24, 2.45) is 4.99 Å².